The molecule has 3 heterocycles. The van der Waals surface area contributed by atoms with Gasteiger partial charge in [-0.25, -0.2) is 4.79 Å². The van der Waals surface area contributed by atoms with E-state index in [-0.39, 0.29) is 29.9 Å². The van der Waals surface area contributed by atoms with Crippen LogP contribution in [0.15, 0.2) is 0 Å². The molecule has 0 aliphatic carbocycles. The van der Waals surface area contributed by atoms with Crippen molar-refractivity contribution in [1.29, 1.82) is 0 Å². The van der Waals surface area contributed by atoms with Crippen molar-refractivity contribution in [3.8, 4) is 0 Å². The number of carbonyl (C=O) groups excluding carboxylic acids is 1. The summed E-state index contributed by atoms with van der Waals surface area (Å²) in [5.74, 6) is -0.967. The van der Waals surface area contributed by atoms with E-state index >= 15 is 0 Å². The van der Waals surface area contributed by atoms with Crippen LogP contribution >= 0.6 is 0 Å². The van der Waals surface area contributed by atoms with Crippen LogP contribution in [0.25, 0.3) is 0 Å². The van der Waals surface area contributed by atoms with Crippen molar-refractivity contribution in [3.63, 3.8) is 0 Å². The molecule has 2 aliphatic heterocycles. The van der Waals surface area contributed by atoms with Crippen LogP contribution < -0.4 is 0 Å². The Hall–Kier alpha value is -1.93. The van der Waals surface area contributed by atoms with E-state index in [0.29, 0.717) is 25.1 Å². The quantitative estimate of drug-likeness (QED) is 0.833. The number of aromatic carboxylic acids is 1. The maximum absolute atomic E-state index is 12.9. The average Bonchev–Trinajstić information content (AvgIpc) is 2.95. The number of nitrogens with zero attached hydrogens (tertiary/aromatic N) is 3. The molecule has 2 aliphatic rings. The fraction of sp³-hybridized carbons (Fsp3) is 0.688. The molecule has 1 fully saturated rings. The molecule has 0 radical (unpaired) electrons. The lowest BCUT2D eigenvalue weighted by atomic mass is 10.0. The SMILES string of the molecule is CC(C(=O)N1CCc2c(C(=O)O)n[nH]c2C1)N1C[C@@H](C)O[C@@H](C)C1. The molecular weight excluding hydrogens is 312 g/mol. The first-order chi connectivity index (χ1) is 11.4. The molecule has 0 aromatic carbocycles. The van der Waals surface area contributed by atoms with Gasteiger partial charge in [-0.15, -0.1) is 0 Å². The summed E-state index contributed by atoms with van der Waals surface area (Å²) in [5, 5.41) is 15.8. The Bertz CT molecular complexity index is 634. The van der Waals surface area contributed by atoms with Crippen LogP contribution in [0.3, 0.4) is 0 Å². The smallest absolute Gasteiger partial charge is 0.356 e. The molecule has 3 atom stereocenters. The highest BCUT2D eigenvalue weighted by Crippen LogP contribution is 2.22. The van der Waals surface area contributed by atoms with Gasteiger partial charge < -0.3 is 14.7 Å². The summed E-state index contributed by atoms with van der Waals surface area (Å²) in [5.41, 5.74) is 1.51. The number of amides is 1. The Kier molecular flexibility index (Phi) is 4.60. The molecule has 0 saturated carbocycles. The second-order valence-corrected chi connectivity index (χ2v) is 6.73. The molecule has 0 bridgehead atoms. The van der Waals surface area contributed by atoms with E-state index in [1.807, 2.05) is 20.8 Å². The molecule has 1 aromatic heterocycles. The number of carboxylic acids is 1. The van der Waals surface area contributed by atoms with Crippen molar-refractivity contribution < 1.29 is 19.4 Å². The fourth-order valence-corrected chi connectivity index (χ4v) is 3.64. The minimum Gasteiger partial charge on any atom is -0.476 e. The molecule has 1 saturated heterocycles. The number of fused-ring (bicyclic) bond motifs is 1. The average molecular weight is 336 g/mol. The van der Waals surface area contributed by atoms with Gasteiger partial charge in [-0.2, -0.15) is 5.10 Å². The molecule has 2 N–H and O–H groups in total. The number of ether oxygens (including phenoxy) is 1. The number of H-pyrrole nitrogens is 1. The van der Waals surface area contributed by atoms with E-state index in [4.69, 9.17) is 9.84 Å². The lowest BCUT2D eigenvalue weighted by Gasteiger charge is -2.40. The van der Waals surface area contributed by atoms with Gasteiger partial charge >= 0.3 is 5.97 Å². The van der Waals surface area contributed by atoms with Gasteiger partial charge in [0.2, 0.25) is 5.91 Å². The predicted molar refractivity (Wildman–Crippen MR) is 85.7 cm³/mol. The second-order valence-electron chi connectivity index (χ2n) is 6.73. The molecule has 8 heteroatoms. The van der Waals surface area contributed by atoms with E-state index in [1.54, 1.807) is 4.90 Å². The van der Waals surface area contributed by atoms with Crippen molar-refractivity contribution in [2.24, 2.45) is 0 Å². The maximum Gasteiger partial charge on any atom is 0.356 e. The zero-order valence-corrected chi connectivity index (χ0v) is 14.3. The van der Waals surface area contributed by atoms with Crippen LogP contribution in [-0.4, -0.2) is 74.9 Å². The van der Waals surface area contributed by atoms with Gasteiger partial charge in [0.25, 0.3) is 0 Å². The van der Waals surface area contributed by atoms with E-state index in [0.717, 1.165) is 18.8 Å². The summed E-state index contributed by atoms with van der Waals surface area (Å²) in [6.07, 6.45) is 0.743. The monoisotopic (exact) mass is 336 g/mol. The summed E-state index contributed by atoms with van der Waals surface area (Å²) in [7, 11) is 0. The Morgan fingerprint density at radius 3 is 2.62 bits per heavy atom. The Labute approximate surface area is 140 Å². The topological polar surface area (TPSA) is 98.8 Å². The maximum atomic E-state index is 12.9. The van der Waals surface area contributed by atoms with Gasteiger partial charge in [0.05, 0.1) is 30.5 Å². The molecule has 1 unspecified atom stereocenters. The third-order valence-corrected chi connectivity index (χ3v) is 4.80. The van der Waals surface area contributed by atoms with E-state index < -0.39 is 5.97 Å². The van der Waals surface area contributed by atoms with Gasteiger partial charge in [0.1, 0.15) is 0 Å². The first-order valence-corrected chi connectivity index (χ1v) is 8.34. The second kappa shape index (κ2) is 6.52. The van der Waals surface area contributed by atoms with Crippen molar-refractivity contribution in [2.45, 2.75) is 52.0 Å². The zero-order chi connectivity index (χ0) is 17.4. The number of carboxylic acid groups (broad SMARTS) is 1. The van der Waals surface area contributed by atoms with Gasteiger partial charge in [-0.3, -0.25) is 14.8 Å². The van der Waals surface area contributed by atoms with Gasteiger partial charge in [0.15, 0.2) is 5.69 Å². The fourth-order valence-electron chi connectivity index (χ4n) is 3.64. The van der Waals surface area contributed by atoms with Crippen LogP contribution in [-0.2, 0) is 22.5 Å². The van der Waals surface area contributed by atoms with Crippen LogP contribution in [0.1, 0.15) is 42.5 Å². The molecule has 1 amide bonds. The predicted octanol–water partition coefficient (Wildman–Crippen LogP) is 0.490. The van der Waals surface area contributed by atoms with Crippen molar-refractivity contribution in [3.05, 3.63) is 17.0 Å². The number of morpholine rings is 1. The number of nitrogens with one attached hydrogen (secondary N) is 1. The third kappa shape index (κ3) is 3.16. The van der Waals surface area contributed by atoms with Crippen LogP contribution in [0, 0.1) is 0 Å². The van der Waals surface area contributed by atoms with Crippen LogP contribution in [0.5, 0.6) is 0 Å². The lowest BCUT2D eigenvalue weighted by Crippen LogP contribution is -2.55. The molecular formula is C16H24N4O4. The summed E-state index contributed by atoms with van der Waals surface area (Å²) >= 11 is 0. The molecule has 0 spiro atoms. The van der Waals surface area contributed by atoms with Gasteiger partial charge in [0, 0.05) is 25.2 Å². The summed E-state index contributed by atoms with van der Waals surface area (Å²) in [4.78, 5) is 27.9. The van der Waals surface area contributed by atoms with Gasteiger partial charge in [-0.1, -0.05) is 0 Å². The minimum absolute atomic E-state index is 0.0634. The third-order valence-electron chi connectivity index (χ3n) is 4.80. The lowest BCUT2D eigenvalue weighted by molar-refractivity contribution is -0.142. The van der Waals surface area contributed by atoms with E-state index in [1.165, 1.54) is 0 Å². The Balaban J connectivity index is 1.68. The highest BCUT2D eigenvalue weighted by molar-refractivity contribution is 5.88. The Morgan fingerprint density at radius 2 is 2.00 bits per heavy atom. The number of hydrogen-bond donors (Lipinski definition) is 2. The van der Waals surface area contributed by atoms with E-state index in [9.17, 15) is 9.59 Å². The molecule has 8 nitrogen and oxygen atoms in total. The minimum atomic E-state index is -1.03. The summed E-state index contributed by atoms with van der Waals surface area (Å²) in [6, 6.07) is -0.220. The molecule has 24 heavy (non-hydrogen) atoms. The normalized spacial score (nSPS) is 26.0. The highest BCUT2D eigenvalue weighted by Gasteiger charge is 2.34. The zero-order valence-electron chi connectivity index (χ0n) is 14.3. The number of aromatic nitrogens is 2. The standard InChI is InChI=1S/C16H24N4O4/c1-9-6-20(7-10(2)24-9)11(3)15(21)19-5-4-12-13(8-19)17-18-14(12)16(22)23/h9-11H,4-8H2,1-3H3,(H,17,18)(H,22,23)/t9-,10+,11?. The molecule has 1 aromatic rings. The first-order valence-electron chi connectivity index (χ1n) is 8.34. The first kappa shape index (κ1) is 16.9. The van der Waals surface area contributed by atoms with Gasteiger partial charge in [-0.05, 0) is 27.2 Å². The molecule has 3 rings (SSSR count). The molecule has 132 valence electrons. The highest BCUT2D eigenvalue weighted by atomic mass is 16.5. The number of carbonyl (C=O) groups is 2. The number of rotatable bonds is 3. The van der Waals surface area contributed by atoms with Crippen LogP contribution in [0.2, 0.25) is 0 Å². The van der Waals surface area contributed by atoms with Crippen molar-refractivity contribution >= 4 is 11.9 Å². The number of hydrogen-bond acceptors (Lipinski definition) is 5. The number of aromatic amines is 1. The van der Waals surface area contributed by atoms with E-state index in [2.05, 4.69) is 15.1 Å². The Morgan fingerprint density at radius 1 is 1.33 bits per heavy atom. The summed E-state index contributed by atoms with van der Waals surface area (Å²) in [6.45, 7) is 8.35. The van der Waals surface area contributed by atoms with Crippen molar-refractivity contribution in [1.82, 2.24) is 20.0 Å². The summed E-state index contributed by atoms with van der Waals surface area (Å²) < 4.78 is 5.73. The van der Waals surface area contributed by atoms with Crippen LogP contribution in [0.4, 0.5) is 0 Å². The largest absolute Gasteiger partial charge is 0.476 e. The van der Waals surface area contributed by atoms with Crippen molar-refractivity contribution in [2.75, 3.05) is 19.6 Å².